The molecule has 0 atom stereocenters. The Labute approximate surface area is 119 Å². The molecule has 7 nitrogen and oxygen atoms in total. The second-order valence-electron chi connectivity index (χ2n) is 4.14. The Bertz CT molecular complexity index is 540. The maximum Gasteiger partial charge on any atom is 0.208 e. The number of rotatable bonds is 7. The fourth-order valence-electron chi connectivity index (χ4n) is 1.40. The topological polar surface area (TPSA) is 106 Å². The van der Waals surface area contributed by atoms with Crippen LogP contribution in [-0.2, 0) is 10.0 Å². The van der Waals surface area contributed by atoms with Gasteiger partial charge in [-0.1, -0.05) is 0 Å². The van der Waals surface area contributed by atoms with Crippen LogP contribution in [0.3, 0.4) is 0 Å². The SMILES string of the molecule is COc1ccc(NC(N)=NCCCNS(C)(=O)=O)cc1. The molecule has 0 aliphatic rings. The van der Waals surface area contributed by atoms with Crippen LogP contribution in [0.15, 0.2) is 29.3 Å². The lowest BCUT2D eigenvalue weighted by Gasteiger charge is -2.06. The highest BCUT2D eigenvalue weighted by Crippen LogP contribution is 2.14. The van der Waals surface area contributed by atoms with Gasteiger partial charge >= 0.3 is 0 Å². The van der Waals surface area contributed by atoms with Crippen LogP contribution in [0.25, 0.3) is 0 Å². The van der Waals surface area contributed by atoms with Gasteiger partial charge < -0.3 is 15.8 Å². The summed E-state index contributed by atoms with van der Waals surface area (Å²) in [6.45, 7) is 0.787. The van der Waals surface area contributed by atoms with Crippen molar-refractivity contribution in [2.24, 2.45) is 10.7 Å². The Morgan fingerprint density at radius 2 is 2.00 bits per heavy atom. The zero-order valence-corrected chi connectivity index (χ0v) is 12.4. The van der Waals surface area contributed by atoms with Crippen LogP contribution in [0.4, 0.5) is 5.69 Å². The number of hydrogen-bond donors (Lipinski definition) is 3. The second-order valence-corrected chi connectivity index (χ2v) is 5.97. The second kappa shape index (κ2) is 7.71. The molecule has 0 radical (unpaired) electrons. The molecule has 0 aliphatic carbocycles. The number of benzene rings is 1. The number of hydrogen-bond acceptors (Lipinski definition) is 4. The lowest BCUT2D eigenvalue weighted by molar-refractivity contribution is 0.415. The molecule has 0 amide bonds. The van der Waals surface area contributed by atoms with Gasteiger partial charge in [-0.25, -0.2) is 13.1 Å². The van der Waals surface area contributed by atoms with E-state index in [0.717, 1.165) is 17.7 Å². The average molecular weight is 300 g/mol. The zero-order valence-electron chi connectivity index (χ0n) is 11.6. The molecule has 0 aliphatic heterocycles. The number of nitrogens with two attached hydrogens (primary N) is 1. The van der Waals surface area contributed by atoms with E-state index in [2.05, 4.69) is 15.0 Å². The predicted octanol–water partition coefficient (Wildman–Crippen LogP) is 0.361. The van der Waals surface area contributed by atoms with Crippen LogP contribution in [0.2, 0.25) is 0 Å². The smallest absolute Gasteiger partial charge is 0.208 e. The predicted molar refractivity (Wildman–Crippen MR) is 80.6 cm³/mol. The highest BCUT2D eigenvalue weighted by Gasteiger charge is 1.99. The summed E-state index contributed by atoms with van der Waals surface area (Å²) >= 11 is 0. The molecule has 4 N–H and O–H groups in total. The minimum absolute atomic E-state index is 0.287. The van der Waals surface area contributed by atoms with E-state index < -0.39 is 10.0 Å². The van der Waals surface area contributed by atoms with Gasteiger partial charge in [-0.05, 0) is 30.7 Å². The van der Waals surface area contributed by atoms with Gasteiger partial charge in [0.05, 0.1) is 13.4 Å². The quantitative estimate of drug-likeness (QED) is 0.383. The molecule has 0 unspecified atom stereocenters. The van der Waals surface area contributed by atoms with E-state index in [4.69, 9.17) is 10.5 Å². The molecule has 1 rings (SSSR count). The lowest BCUT2D eigenvalue weighted by Crippen LogP contribution is -2.25. The normalized spacial score (nSPS) is 12.2. The molecule has 0 fully saturated rings. The van der Waals surface area contributed by atoms with E-state index in [9.17, 15) is 8.42 Å². The summed E-state index contributed by atoms with van der Waals surface area (Å²) in [5.41, 5.74) is 6.52. The van der Waals surface area contributed by atoms with E-state index in [1.807, 2.05) is 24.3 Å². The van der Waals surface area contributed by atoms with Crippen molar-refractivity contribution >= 4 is 21.7 Å². The number of methoxy groups -OCH3 is 1. The van der Waals surface area contributed by atoms with E-state index in [-0.39, 0.29) is 5.96 Å². The Balaban J connectivity index is 2.34. The standard InChI is InChI=1S/C12H20N4O3S/c1-19-11-6-4-10(5-7-11)16-12(13)14-8-3-9-15-20(2,17)18/h4-7,15H,3,8-9H2,1-2H3,(H3,13,14,16). The van der Waals surface area contributed by atoms with Crippen molar-refractivity contribution in [2.45, 2.75) is 6.42 Å². The maximum atomic E-state index is 10.8. The van der Waals surface area contributed by atoms with Gasteiger partial charge in [0.15, 0.2) is 5.96 Å². The first-order valence-corrected chi connectivity index (χ1v) is 7.95. The van der Waals surface area contributed by atoms with Crippen molar-refractivity contribution in [2.75, 3.05) is 31.8 Å². The number of nitrogens with one attached hydrogen (secondary N) is 2. The molecule has 0 saturated heterocycles. The van der Waals surface area contributed by atoms with Gasteiger partial charge in [-0.3, -0.25) is 4.99 Å². The minimum Gasteiger partial charge on any atom is -0.497 e. The highest BCUT2D eigenvalue weighted by molar-refractivity contribution is 7.88. The lowest BCUT2D eigenvalue weighted by atomic mass is 10.3. The van der Waals surface area contributed by atoms with Crippen molar-refractivity contribution in [3.05, 3.63) is 24.3 Å². The monoisotopic (exact) mass is 300 g/mol. The van der Waals surface area contributed by atoms with Gasteiger partial charge in [0.25, 0.3) is 0 Å². The van der Waals surface area contributed by atoms with Crippen molar-refractivity contribution in [3.8, 4) is 5.75 Å². The minimum atomic E-state index is -3.14. The Morgan fingerprint density at radius 1 is 1.35 bits per heavy atom. The fourth-order valence-corrected chi connectivity index (χ4v) is 1.91. The van der Waals surface area contributed by atoms with E-state index in [1.54, 1.807) is 7.11 Å². The van der Waals surface area contributed by atoms with Crippen LogP contribution >= 0.6 is 0 Å². The van der Waals surface area contributed by atoms with E-state index in [1.165, 1.54) is 0 Å². The molecule has 1 aromatic rings. The first-order chi connectivity index (χ1) is 9.40. The van der Waals surface area contributed by atoms with E-state index >= 15 is 0 Å². The van der Waals surface area contributed by atoms with Crippen LogP contribution in [0, 0.1) is 0 Å². The summed E-state index contributed by atoms with van der Waals surface area (Å²) in [5, 5.41) is 2.93. The summed E-state index contributed by atoms with van der Waals surface area (Å²) in [5.74, 6) is 1.05. The molecule has 1 aromatic carbocycles. The van der Waals surface area contributed by atoms with Gasteiger partial charge in [0, 0.05) is 18.8 Å². The first-order valence-electron chi connectivity index (χ1n) is 6.06. The average Bonchev–Trinajstić information content (AvgIpc) is 2.38. The van der Waals surface area contributed by atoms with Crippen LogP contribution in [0.5, 0.6) is 5.75 Å². The number of guanidine groups is 1. The molecule has 0 heterocycles. The van der Waals surface area contributed by atoms with Crippen molar-refractivity contribution < 1.29 is 13.2 Å². The molecular weight excluding hydrogens is 280 g/mol. The maximum absolute atomic E-state index is 10.8. The zero-order chi connectivity index (χ0) is 15.0. The Kier molecular flexibility index (Phi) is 6.26. The highest BCUT2D eigenvalue weighted by atomic mass is 32.2. The van der Waals surface area contributed by atoms with Crippen molar-refractivity contribution in [3.63, 3.8) is 0 Å². The number of sulfonamides is 1. The molecule has 20 heavy (non-hydrogen) atoms. The molecule has 112 valence electrons. The van der Waals surface area contributed by atoms with Crippen LogP contribution in [-0.4, -0.2) is 40.8 Å². The first kappa shape index (κ1) is 16.3. The van der Waals surface area contributed by atoms with Gasteiger partial charge in [-0.15, -0.1) is 0 Å². The van der Waals surface area contributed by atoms with Gasteiger partial charge in [-0.2, -0.15) is 0 Å². The van der Waals surface area contributed by atoms with E-state index in [0.29, 0.717) is 19.5 Å². The summed E-state index contributed by atoms with van der Waals surface area (Å²) in [4.78, 5) is 4.10. The molecule has 0 spiro atoms. The molecule has 8 heteroatoms. The summed E-state index contributed by atoms with van der Waals surface area (Å²) in [6.07, 6.45) is 1.70. The molecule has 0 saturated carbocycles. The largest absolute Gasteiger partial charge is 0.497 e. The third-order valence-corrected chi connectivity index (χ3v) is 3.07. The fraction of sp³-hybridized carbons (Fsp3) is 0.417. The number of ether oxygens (including phenoxy) is 1. The Hall–Kier alpha value is -1.80. The van der Waals surface area contributed by atoms with Crippen LogP contribution in [0.1, 0.15) is 6.42 Å². The number of anilines is 1. The summed E-state index contributed by atoms with van der Waals surface area (Å²) in [6, 6.07) is 7.27. The number of nitrogens with zero attached hydrogens (tertiary/aromatic N) is 1. The van der Waals surface area contributed by atoms with Gasteiger partial charge in [0.1, 0.15) is 5.75 Å². The van der Waals surface area contributed by atoms with Crippen molar-refractivity contribution in [1.82, 2.24) is 4.72 Å². The number of aliphatic imine (C=N–C) groups is 1. The summed E-state index contributed by atoms with van der Waals surface area (Å²) < 4.78 is 29.1. The third-order valence-electron chi connectivity index (χ3n) is 2.34. The van der Waals surface area contributed by atoms with Crippen LogP contribution < -0.4 is 20.5 Å². The van der Waals surface area contributed by atoms with Crippen molar-refractivity contribution in [1.29, 1.82) is 0 Å². The molecule has 0 bridgehead atoms. The molecule has 0 aromatic heterocycles. The third kappa shape index (κ3) is 6.95. The molecular formula is C12H20N4O3S. The Morgan fingerprint density at radius 3 is 2.55 bits per heavy atom. The summed E-state index contributed by atoms with van der Waals surface area (Å²) in [7, 11) is -1.54. The van der Waals surface area contributed by atoms with Gasteiger partial charge in [0.2, 0.25) is 10.0 Å².